The predicted octanol–water partition coefficient (Wildman–Crippen LogP) is 0.949. The second-order valence-electron chi connectivity index (χ2n) is 5.87. The Morgan fingerprint density at radius 2 is 1.75 bits per heavy atom. The summed E-state index contributed by atoms with van der Waals surface area (Å²) in [6.45, 7) is 9.88. The molecule has 3 N–H and O–H groups in total. The predicted molar refractivity (Wildman–Crippen MR) is 62.1 cm³/mol. The number of nitrogens with zero attached hydrogens (tertiary/aromatic N) is 1. The van der Waals surface area contributed by atoms with Gasteiger partial charge in [-0.25, -0.2) is 5.84 Å². The Morgan fingerprint density at radius 1 is 1.31 bits per heavy atom. The van der Waals surface area contributed by atoms with Crippen molar-refractivity contribution in [2.75, 3.05) is 0 Å². The zero-order valence-electron chi connectivity index (χ0n) is 10.8. The van der Waals surface area contributed by atoms with Crippen molar-refractivity contribution in [3.8, 4) is 0 Å². The number of amides is 1. The fourth-order valence-corrected chi connectivity index (χ4v) is 2.54. The summed E-state index contributed by atoms with van der Waals surface area (Å²) in [7, 11) is 0. The summed E-state index contributed by atoms with van der Waals surface area (Å²) in [5.41, 5.74) is -0.0198. The van der Waals surface area contributed by atoms with Crippen molar-refractivity contribution < 1.29 is 9.63 Å². The molecule has 0 aromatic rings. The van der Waals surface area contributed by atoms with Crippen molar-refractivity contribution in [3.63, 3.8) is 0 Å². The van der Waals surface area contributed by atoms with Crippen LogP contribution in [0.15, 0.2) is 0 Å². The minimum Gasteiger partial charge on any atom is -0.307 e. The van der Waals surface area contributed by atoms with E-state index in [0.29, 0.717) is 0 Å². The molecule has 5 nitrogen and oxygen atoms in total. The molecule has 1 aliphatic rings. The Morgan fingerprint density at radius 3 is 2.12 bits per heavy atom. The molecule has 0 radical (unpaired) electrons. The van der Waals surface area contributed by atoms with E-state index in [4.69, 9.17) is 10.7 Å². The van der Waals surface area contributed by atoms with Crippen molar-refractivity contribution in [2.24, 2.45) is 5.84 Å². The SMILES string of the molecule is CC(=O)N(N)OC1CC(C)(C)NC(C)(C)C1. The largest absolute Gasteiger partial charge is 0.307 e. The van der Waals surface area contributed by atoms with Gasteiger partial charge in [0.15, 0.2) is 0 Å². The lowest BCUT2D eigenvalue weighted by molar-refractivity contribution is -0.218. The standard InChI is InChI=1S/C11H23N3O2/c1-8(15)14(12)16-9-6-10(2,3)13-11(4,5)7-9/h9,13H,6-7,12H2,1-5H3. The second kappa shape index (κ2) is 4.31. The molecule has 1 aliphatic heterocycles. The minimum absolute atomic E-state index is 0.00988. The van der Waals surface area contributed by atoms with Gasteiger partial charge in [-0.2, -0.15) is 5.17 Å². The molecule has 1 rings (SSSR count). The highest BCUT2D eigenvalue weighted by molar-refractivity contribution is 5.71. The summed E-state index contributed by atoms with van der Waals surface area (Å²) in [5, 5.41) is 4.38. The van der Waals surface area contributed by atoms with E-state index in [-0.39, 0.29) is 23.1 Å². The molecule has 5 heteroatoms. The summed E-state index contributed by atoms with van der Waals surface area (Å²) in [5.74, 6) is 5.18. The molecular formula is C11H23N3O2. The maximum absolute atomic E-state index is 11.0. The van der Waals surface area contributed by atoms with Gasteiger partial charge in [0.2, 0.25) is 0 Å². The first-order chi connectivity index (χ1) is 7.11. The fourth-order valence-electron chi connectivity index (χ4n) is 2.54. The van der Waals surface area contributed by atoms with Crippen molar-refractivity contribution in [3.05, 3.63) is 0 Å². The zero-order chi connectivity index (χ0) is 12.6. The van der Waals surface area contributed by atoms with Gasteiger partial charge in [-0.1, -0.05) is 0 Å². The van der Waals surface area contributed by atoms with Gasteiger partial charge in [-0.3, -0.25) is 9.63 Å². The fraction of sp³-hybridized carbons (Fsp3) is 0.909. The number of hydrazine groups is 1. The van der Waals surface area contributed by atoms with Crippen LogP contribution in [0.1, 0.15) is 47.5 Å². The van der Waals surface area contributed by atoms with Crippen molar-refractivity contribution >= 4 is 5.91 Å². The Labute approximate surface area is 97.2 Å². The van der Waals surface area contributed by atoms with Gasteiger partial charge in [0.05, 0.1) is 6.10 Å². The number of nitrogens with one attached hydrogen (secondary N) is 1. The first kappa shape index (κ1) is 13.4. The lowest BCUT2D eigenvalue weighted by Gasteiger charge is -2.46. The van der Waals surface area contributed by atoms with Gasteiger partial charge in [0.1, 0.15) is 0 Å². The van der Waals surface area contributed by atoms with Crippen LogP contribution in [0.2, 0.25) is 0 Å². The van der Waals surface area contributed by atoms with Crippen LogP contribution in [0.4, 0.5) is 0 Å². The molecule has 94 valence electrons. The normalized spacial score (nSPS) is 24.1. The number of rotatable bonds is 2. The molecule has 16 heavy (non-hydrogen) atoms. The first-order valence-corrected chi connectivity index (χ1v) is 5.63. The lowest BCUT2D eigenvalue weighted by Crippen LogP contribution is -2.60. The summed E-state index contributed by atoms with van der Waals surface area (Å²) >= 11 is 0. The number of piperidine rings is 1. The Hall–Kier alpha value is -0.650. The molecule has 1 amide bonds. The van der Waals surface area contributed by atoms with Gasteiger partial charge in [-0.05, 0) is 40.5 Å². The quantitative estimate of drug-likeness (QED) is 0.420. The van der Waals surface area contributed by atoms with Crippen LogP contribution < -0.4 is 11.2 Å². The molecule has 1 heterocycles. The van der Waals surface area contributed by atoms with Gasteiger partial charge in [0.25, 0.3) is 5.91 Å². The number of nitrogens with two attached hydrogens (primary N) is 1. The van der Waals surface area contributed by atoms with E-state index in [2.05, 4.69) is 33.0 Å². The van der Waals surface area contributed by atoms with Gasteiger partial charge in [-0.15, -0.1) is 0 Å². The van der Waals surface area contributed by atoms with Crippen molar-refractivity contribution in [1.29, 1.82) is 0 Å². The van der Waals surface area contributed by atoms with Gasteiger partial charge >= 0.3 is 0 Å². The smallest absolute Gasteiger partial charge is 0.257 e. The number of carbonyl (C=O) groups is 1. The Kier molecular flexibility index (Phi) is 3.62. The summed E-state index contributed by atoms with van der Waals surface area (Å²) in [4.78, 5) is 16.4. The van der Waals surface area contributed by atoms with E-state index in [9.17, 15) is 4.79 Å². The van der Waals surface area contributed by atoms with Crippen molar-refractivity contribution in [1.82, 2.24) is 10.5 Å². The maximum Gasteiger partial charge on any atom is 0.257 e. The van der Waals surface area contributed by atoms with E-state index >= 15 is 0 Å². The van der Waals surface area contributed by atoms with Gasteiger partial charge in [0, 0.05) is 18.0 Å². The summed E-state index contributed by atoms with van der Waals surface area (Å²) < 4.78 is 0. The minimum atomic E-state index is -0.283. The van der Waals surface area contributed by atoms with E-state index in [1.807, 2.05) is 0 Å². The number of carbonyl (C=O) groups excluding carboxylic acids is 1. The molecule has 0 bridgehead atoms. The maximum atomic E-state index is 11.0. The molecule has 1 fully saturated rings. The highest BCUT2D eigenvalue weighted by Gasteiger charge is 2.39. The Bertz CT molecular complexity index is 260. The van der Waals surface area contributed by atoms with Crippen LogP contribution in [0.3, 0.4) is 0 Å². The highest BCUT2D eigenvalue weighted by Crippen LogP contribution is 2.30. The monoisotopic (exact) mass is 229 g/mol. The molecule has 0 saturated carbocycles. The van der Waals surface area contributed by atoms with Crippen LogP contribution in [0, 0.1) is 0 Å². The van der Waals surface area contributed by atoms with E-state index < -0.39 is 0 Å². The zero-order valence-corrected chi connectivity index (χ0v) is 10.8. The number of hydroxylamine groups is 1. The first-order valence-electron chi connectivity index (χ1n) is 5.63. The van der Waals surface area contributed by atoms with Crippen LogP contribution >= 0.6 is 0 Å². The van der Waals surface area contributed by atoms with Crippen LogP contribution in [-0.4, -0.2) is 28.3 Å². The topological polar surface area (TPSA) is 67.6 Å². The number of hydrogen-bond acceptors (Lipinski definition) is 4. The molecular weight excluding hydrogens is 206 g/mol. The van der Waals surface area contributed by atoms with E-state index in [0.717, 1.165) is 18.0 Å². The number of hydrogen-bond donors (Lipinski definition) is 2. The van der Waals surface area contributed by atoms with Crippen LogP contribution in [0.25, 0.3) is 0 Å². The molecule has 0 unspecified atom stereocenters. The molecule has 0 spiro atoms. The average molecular weight is 229 g/mol. The van der Waals surface area contributed by atoms with E-state index in [1.165, 1.54) is 6.92 Å². The van der Waals surface area contributed by atoms with Crippen molar-refractivity contribution in [2.45, 2.75) is 64.6 Å². The van der Waals surface area contributed by atoms with E-state index in [1.54, 1.807) is 0 Å². The van der Waals surface area contributed by atoms with Gasteiger partial charge < -0.3 is 5.32 Å². The molecule has 0 aromatic carbocycles. The highest BCUT2D eigenvalue weighted by atomic mass is 16.7. The summed E-state index contributed by atoms with van der Waals surface area (Å²) in [6.07, 6.45) is 1.63. The summed E-state index contributed by atoms with van der Waals surface area (Å²) in [6, 6.07) is 0. The molecule has 0 atom stereocenters. The third kappa shape index (κ3) is 3.73. The van der Waals surface area contributed by atoms with Crippen LogP contribution in [0.5, 0.6) is 0 Å². The molecule has 0 aromatic heterocycles. The third-order valence-corrected chi connectivity index (χ3v) is 2.73. The molecule has 1 saturated heterocycles. The molecule has 0 aliphatic carbocycles. The third-order valence-electron chi connectivity index (χ3n) is 2.73. The van der Waals surface area contributed by atoms with Crippen LogP contribution in [-0.2, 0) is 9.63 Å². The second-order valence-corrected chi connectivity index (χ2v) is 5.87. The lowest BCUT2D eigenvalue weighted by atomic mass is 9.81. The Balaban J connectivity index is 2.64. The average Bonchev–Trinajstić information content (AvgIpc) is 1.96.